The lowest BCUT2D eigenvalue weighted by atomic mass is 9.84. The number of hydrogen-bond donors (Lipinski definition) is 0. The summed E-state index contributed by atoms with van der Waals surface area (Å²) < 4.78 is 0. The molecule has 0 aromatic carbocycles. The van der Waals surface area contributed by atoms with Crippen LogP contribution in [-0.4, -0.2) is 24.5 Å². The molecule has 0 N–H and O–H groups in total. The molecule has 3 fully saturated rings. The predicted octanol–water partition coefficient (Wildman–Crippen LogP) is 2.66. The lowest BCUT2D eigenvalue weighted by Crippen LogP contribution is -2.40. The Morgan fingerprint density at radius 1 is 1.08 bits per heavy atom. The van der Waals surface area contributed by atoms with E-state index in [9.17, 15) is 0 Å². The summed E-state index contributed by atoms with van der Waals surface area (Å²) in [5.41, 5.74) is 0.835. The van der Waals surface area contributed by atoms with Crippen LogP contribution in [0.25, 0.3) is 0 Å². The van der Waals surface area contributed by atoms with Crippen LogP contribution in [0.15, 0.2) is 0 Å². The van der Waals surface area contributed by atoms with E-state index in [1.54, 1.807) is 0 Å². The van der Waals surface area contributed by atoms with Crippen LogP contribution in [0.2, 0.25) is 0 Å². The molecule has 74 valence electrons. The fourth-order valence-corrected chi connectivity index (χ4v) is 3.09. The van der Waals surface area contributed by atoms with Crippen molar-refractivity contribution in [2.45, 2.75) is 44.9 Å². The average molecular weight is 179 g/mol. The molecule has 0 bridgehead atoms. The molecule has 1 nitrogen and oxygen atoms in total. The van der Waals surface area contributed by atoms with Crippen molar-refractivity contribution in [3.8, 4) is 0 Å². The van der Waals surface area contributed by atoms with Crippen LogP contribution in [0.3, 0.4) is 0 Å². The molecule has 1 spiro atoms. The smallest absolute Gasteiger partial charge is 0.00381 e. The first-order valence-corrected chi connectivity index (χ1v) is 6.09. The molecule has 0 atom stereocenters. The summed E-state index contributed by atoms with van der Waals surface area (Å²) in [5, 5.41) is 0. The molecule has 2 aliphatic carbocycles. The second-order valence-corrected chi connectivity index (χ2v) is 5.64. The first kappa shape index (κ1) is 8.28. The van der Waals surface area contributed by atoms with Crippen LogP contribution in [0.5, 0.6) is 0 Å². The van der Waals surface area contributed by atoms with E-state index in [-0.39, 0.29) is 0 Å². The third-order valence-corrected chi connectivity index (χ3v) is 4.44. The van der Waals surface area contributed by atoms with Crippen molar-refractivity contribution < 1.29 is 0 Å². The molecule has 2 saturated carbocycles. The van der Waals surface area contributed by atoms with Crippen molar-refractivity contribution in [3.63, 3.8) is 0 Å². The maximum atomic E-state index is 2.76. The molecule has 1 saturated heterocycles. The molecule has 1 aliphatic heterocycles. The van der Waals surface area contributed by atoms with Crippen LogP contribution in [0.4, 0.5) is 0 Å². The molecule has 0 aromatic rings. The van der Waals surface area contributed by atoms with Gasteiger partial charge in [-0.2, -0.15) is 0 Å². The Bertz CT molecular complexity index is 191. The molecule has 3 aliphatic rings. The Morgan fingerprint density at radius 2 is 1.92 bits per heavy atom. The summed E-state index contributed by atoms with van der Waals surface area (Å²) in [6, 6.07) is 0. The summed E-state index contributed by atoms with van der Waals surface area (Å²) in [7, 11) is 0. The summed E-state index contributed by atoms with van der Waals surface area (Å²) >= 11 is 0. The maximum Gasteiger partial charge on any atom is 0.00381 e. The molecular formula is C12H21N. The first-order chi connectivity index (χ1) is 6.36. The molecule has 0 radical (unpaired) electrons. The fraction of sp³-hybridized carbons (Fsp3) is 1.00. The minimum Gasteiger partial charge on any atom is -0.303 e. The second kappa shape index (κ2) is 2.98. The van der Waals surface area contributed by atoms with Crippen molar-refractivity contribution >= 4 is 0 Å². The predicted molar refractivity (Wildman–Crippen MR) is 54.7 cm³/mol. The van der Waals surface area contributed by atoms with Crippen molar-refractivity contribution in [1.29, 1.82) is 0 Å². The number of likely N-dealkylation sites (tertiary alicyclic amines) is 1. The van der Waals surface area contributed by atoms with Crippen LogP contribution < -0.4 is 0 Å². The minimum absolute atomic E-state index is 0.835. The van der Waals surface area contributed by atoms with Gasteiger partial charge in [-0.1, -0.05) is 6.42 Å². The van der Waals surface area contributed by atoms with Gasteiger partial charge in [0.1, 0.15) is 0 Å². The summed E-state index contributed by atoms with van der Waals surface area (Å²) in [4.78, 5) is 2.76. The summed E-state index contributed by atoms with van der Waals surface area (Å²) in [5.74, 6) is 1.08. The van der Waals surface area contributed by atoms with Crippen LogP contribution in [0.1, 0.15) is 44.9 Å². The number of nitrogens with zero attached hydrogens (tertiary/aromatic N) is 1. The van der Waals surface area contributed by atoms with E-state index in [0.29, 0.717) is 0 Å². The van der Waals surface area contributed by atoms with Crippen LogP contribution in [-0.2, 0) is 0 Å². The highest BCUT2D eigenvalue weighted by molar-refractivity contribution is 4.98. The van der Waals surface area contributed by atoms with Gasteiger partial charge >= 0.3 is 0 Å². The standard InChI is InChI=1S/C12H21N/c1-3-11(4-1)9-13-8-2-5-12(10-13)6-7-12/h11H,1-10H2. The minimum atomic E-state index is 0.835. The molecule has 0 unspecified atom stereocenters. The van der Waals surface area contributed by atoms with Gasteiger partial charge in [0.15, 0.2) is 0 Å². The van der Waals surface area contributed by atoms with Crippen molar-refractivity contribution in [2.24, 2.45) is 11.3 Å². The van der Waals surface area contributed by atoms with Gasteiger partial charge in [-0.25, -0.2) is 0 Å². The SMILES string of the molecule is C1CC(CN2CCCC3(CC3)C2)C1. The molecule has 1 heteroatoms. The normalized spacial score (nSPS) is 33.2. The molecule has 3 rings (SSSR count). The lowest BCUT2D eigenvalue weighted by molar-refractivity contribution is 0.115. The Kier molecular flexibility index (Phi) is 1.90. The first-order valence-electron chi connectivity index (χ1n) is 6.09. The highest BCUT2D eigenvalue weighted by Gasteiger charge is 2.45. The monoisotopic (exact) mass is 179 g/mol. The highest BCUT2D eigenvalue weighted by Crippen LogP contribution is 2.52. The van der Waals surface area contributed by atoms with Crippen molar-refractivity contribution in [1.82, 2.24) is 4.90 Å². The van der Waals surface area contributed by atoms with Crippen LogP contribution >= 0.6 is 0 Å². The van der Waals surface area contributed by atoms with E-state index < -0.39 is 0 Å². The number of hydrogen-bond acceptors (Lipinski definition) is 1. The Morgan fingerprint density at radius 3 is 2.54 bits per heavy atom. The Labute approximate surface area is 81.5 Å². The van der Waals surface area contributed by atoms with Crippen molar-refractivity contribution in [2.75, 3.05) is 19.6 Å². The number of piperidine rings is 1. The van der Waals surface area contributed by atoms with Gasteiger partial charge < -0.3 is 4.90 Å². The lowest BCUT2D eigenvalue weighted by Gasteiger charge is -2.37. The van der Waals surface area contributed by atoms with Gasteiger partial charge in [0.2, 0.25) is 0 Å². The van der Waals surface area contributed by atoms with E-state index in [1.165, 1.54) is 64.6 Å². The zero-order chi connectivity index (χ0) is 8.73. The largest absolute Gasteiger partial charge is 0.303 e. The molecule has 1 heterocycles. The van der Waals surface area contributed by atoms with Gasteiger partial charge in [0.05, 0.1) is 0 Å². The zero-order valence-corrected chi connectivity index (χ0v) is 8.60. The third kappa shape index (κ3) is 1.63. The fourth-order valence-electron chi connectivity index (χ4n) is 3.09. The quantitative estimate of drug-likeness (QED) is 0.630. The molecular weight excluding hydrogens is 158 g/mol. The van der Waals surface area contributed by atoms with E-state index in [4.69, 9.17) is 0 Å². The van der Waals surface area contributed by atoms with E-state index >= 15 is 0 Å². The molecule has 0 amide bonds. The third-order valence-electron chi connectivity index (χ3n) is 4.44. The second-order valence-electron chi connectivity index (χ2n) is 5.64. The van der Waals surface area contributed by atoms with Gasteiger partial charge in [0.25, 0.3) is 0 Å². The van der Waals surface area contributed by atoms with Crippen LogP contribution in [0, 0.1) is 11.3 Å². The zero-order valence-electron chi connectivity index (χ0n) is 8.60. The van der Waals surface area contributed by atoms with Gasteiger partial charge in [0, 0.05) is 13.1 Å². The Balaban J connectivity index is 1.52. The average Bonchev–Trinajstić information content (AvgIpc) is 2.78. The van der Waals surface area contributed by atoms with E-state index in [1.807, 2.05) is 0 Å². The topological polar surface area (TPSA) is 3.24 Å². The van der Waals surface area contributed by atoms with Crippen molar-refractivity contribution in [3.05, 3.63) is 0 Å². The van der Waals surface area contributed by atoms with Gasteiger partial charge in [-0.05, 0) is 56.4 Å². The summed E-state index contributed by atoms with van der Waals surface area (Å²) in [6.45, 7) is 4.28. The van der Waals surface area contributed by atoms with Gasteiger partial charge in [-0.3, -0.25) is 0 Å². The Hall–Kier alpha value is -0.0400. The molecule has 13 heavy (non-hydrogen) atoms. The highest BCUT2D eigenvalue weighted by atomic mass is 15.1. The number of rotatable bonds is 2. The van der Waals surface area contributed by atoms with E-state index in [2.05, 4.69) is 4.90 Å². The molecule has 0 aromatic heterocycles. The van der Waals surface area contributed by atoms with E-state index in [0.717, 1.165) is 11.3 Å². The maximum absolute atomic E-state index is 2.76. The van der Waals surface area contributed by atoms with Gasteiger partial charge in [-0.15, -0.1) is 0 Å². The summed E-state index contributed by atoms with van der Waals surface area (Å²) in [6.07, 6.45) is 10.6.